The van der Waals surface area contributed by atoms with E-state index < -0.39 is 17.8 Å². The molecule has 2 saturated heterocycles. The monoisotopic (exact) mass is 561 g/mol. The fraction of sp³-hybridized carbons (Fsp3) is 0.500. The number of ether oxygens (including phenoxy) is 1. The van der Waals surface area contributed by atoms with Gasteiger partial charge in [0.1, 0.15) is 17.7 Å². The van der Waals surface area contributed by atoms with Crippen LogP contribution in [0.25, 0.3) is 0 Å². The molecule has 0 bridgehead atoms. The molecule has 0 radical (unpaired) electrons. The molecule has 0 aromatic heterocycles. The van der Waals surface area contributed by atoms with Crippen molar-refractivity contribution < 1.29 is 18.7 Å². The second-order valence-corrected chi connectivity index (χ2v) is 11.2. The zero-order chi connectivity index (χ0) is 27.0. The van der Waals surface area contributed by atoms with Crippen LogP contribution in [-0.2, 0) is 9.53 Å². The van der Waals surface area contributed by atoms with Crippen molar-refractivity contribution in [3.63, 3.8) is 0 Å². The second kappa shape index (κ2) is 11.1. The van der Waals surface area contributed by atoms with Crippen molar-refractivity contribution in [2.24, 2.45) is 4.99 Å². The number of piperazine rings is 1. The number of benzene rings is 1. The van der Waals surface area contributed by atoms with Crippen LogP contribution < -0.4 is 10.6 Å². The standard InChI is InChI=1S/C26H30ClFN6O3S/c1-4-37-25(35)20-19(14-32-9-10-33-16(12-32)13-34(15(2)3)26(33)36)30-23(24-29-8-11-38-24)31-22(20)17-6-5-7-18(28)21(17)27/h5-8,15-16,22,24,29H,4,9-10,12-14H2,1-3H3/p+1/t16-,22+,24?/m1/s1. The number of fused-ring (bicyclic) bond motifs is 1. The quantitative estimate of drug-likeness (QED) is 0.390. The van der Waals surface area contributed by atoms with Gasteiger partial charge in [0.25, 0.3) is 6.20 Å². The number of amides is 2. The Labute approximate surface area is 231 Å². The average Bonchev–Trinajstić information content (AvgIpc) is 3.54. The second-order valence-electron chi connectivity index (χ2n) is 9.84. The zero-order valence-corrected chi connectivity index (χ0v) is 23.1. The number of halogens is 2. The minimum Gasteiger partial charge on any atom is -0.463 e. The van der Waals surface area contributed by atoms with Crippen molar-refractivity contribution in [2.45, 2.75) is 44.3 Å². The molecule has 38 heavy (non-hydrogen) atoms. The Kier molecular flexibility index (Phi) is 7.81. The van der Waals surface area contributed by atoms with Crippen molar-refractivity contribution in [1.82, 2.24) is 25.3 Å². The predicted molar refractivity (Wildman–Crippen MR) is 145 cm³/mol. The normalized spacial score (nSPS) is 25.3. The van der Waals surface area contributed by atoms with Crippen LogP contribution in [0.3, 0.4) is 0 Å². The van der Waals surface area contributed by atoms with E-state index in [9.17, 15) is 14.0 Å². The van der Waals surface area contributed by atoms with E-state index in [1.807, 2.05) is 23.6 Å². The molecule has 2 amide bonds. The molecule has 1 aromatic carbocycles. The van der Waals surface area contributed by atoms with Crippen molar-refractivity contribution in [3.8, 4) is 0 Å². The molecule has 4 aliphatic heterocycles. The van der Waals surface area contributed by atoms with Gasteiger partial charge in [0.2, 0.25) is 0 Å². The van der Waals surface area contributed by atoms with Crippen molar-refractivity contribution in [3.05, 3.63) is 57.5 Å². The van der Waals surface area contributed by atoms with E-state index in [0.29, 0.717) is 55.4 Å². The number of nitrogens with one attached hydrogen (secondary N) is 2. The maximum absolute atomic E-state index is 14.5. The molecule has 4 heterocycles. The SMILES string of the molecule is CCOC(=O)C1=C(CN2CCN3C(=O)N(C(C)C)C[C@H]3C2)NC(C2NC=[C+]S2)=N[C@H]1c1cccc(F)c1Cl. The number of hydrogen-bond donors (Lipinski definition) is 2. The van der Waals surface area contributed by atoms with Crippen LogP contribution in [0, 0.1) is 11.2 Å². The summed E-state index contributed by atoms with van der Waals surface area (Å²) in [5, 5.41) is 9.30. The number of nitrogens with zero attached hydrogens (tertiary/aromatic N) is 4. The van der Waals surface area contributed by atoms with E-state index in [1.54, 1.807) is 25.3 Å². The van der Waals surface area contributed by atoms with E-state index in [4.69, 9.17) is 21.3 Å². The molecule has 3 atom stereocenters. The van der Waals surface area contributed by atoms with Gasteiger partial charge in [-0.2, -0.15) is 0 Å². The van der Waals surface area contributed by atoms with Gasteiger partial charge in [-0.25, -0.2) is 14.0 Å². The van der Waals surface area contributed by atoms with Gasteiger partial charge in [0, 0.05) is 50.0 Å². The highest BCUT2D eigenvalue weighted by Crippen LogP contribution is 2.38. The summed E-state index contributed by atoms with van der Waals surface area (Å²) in [6.07, 6.45) is 1.71. The topological polar surface area (TPSA) is 89.5 Å². The maximum atomic E-state index is 14.5. The van der Waals surface area contributed by atoms with Crippen LogP contribution >= 0.6 is 23.4 Å². The number of thioether (sulfide) groups is 1. The van der Waals surface area contributed by atoms with Gasteiger partial charge in [0.05, 0.1) is 23.2 Å². The van der Waals surface area contributed by atoms with Crippen molar-refractivity contribution >= 4 is 41.2 Å². The van der Waals surface area contributed by atoms with E-state index >= 15 is 0 Å². The number of amidine groups is 1. The Morgan fingerprint density at radius 2 is 2.16 bits per heavy atom. The molecule has 12 heteroatoms. The van der Waals surface area contributed by atoms with Crippen molar-refractivity contribution in [1.29, 1.82) is 0 Å². The molecule has 1 aromatic rings. The van der Waals surface area contributed by atoms with Crippen LogP contribution in [0.15, 0.2) is 40.7 Å². The molecule has 0 saturated carbocycles. The highest BCUT2D eigenvalue weighted by Gasteiger charge is 2.43. The lowest BCUT2D eigenvalue weighted by Gasteiger charge is -2.38. The zero-order valence-electron chi connectivity index (χ0n) is 21.5. The van der Waals surface area contributed by atoms with E-state index in [-0.39, 0.29) is 35.1 Å². The number of carbonyl (C=O) groups is 2. The third-order valence-corrected chi connectivity index (χ3v) is 8.36. The largest absolute Gasteiger partial charge is 0.463 e. The highest BCUT2D eigenvalue weighted by molar-refractivity contribution is 8.02. The molecule has 0 spiro atoms. The fourth-order valence-electron chi connectivity index (χ4n) is 5.26. The first-order valence-electron chi connectivity index (χ1n) is 12.8. The minimum absolute atomic E-state index is 0.0707. The summed E-state index contributed by atoms with van der Waals surface area (Å²) in [4.78, 5) is 37.1. The molecule has 2 N–H and O–H groups in total. The van der Waals surface area contributed by atoms with Crippen LogP contribution in [0.5, 0.6) is 0 Å². The van der Waals surface area contributed by atoms with Crippen molar-refractivity contribution in [2.75, 3.05) is 39.3 Å². The first-order chi connectivity index (χ1) is 18.3. The maximum Gasteiger partial charge on any atom is 0.338 e. The third kappa shape index (κ3) is 5.08. The van der Waals surface area contributed by atoms with Crippen LogP contribution in [-0.4, -0.2) is 89.3 Å². The molecule has 1 unspecified atom stereocenters. The molecule has 4 aliphatic rings. The van der Waals surface area contributed by atoms with Gasteiger partial charge < -0.3 is 25.2 Å². The predicted octanol–water partition coefficient (Wildman–Crippen LogP) is 3.11. The Hall–Kier alpha value is -2.85. The van der Waals surface area contributed by atoms with Crippen LogP contribution in [0.1, 0.15) is 32.4 Å². The van der Waals surface area contributed by atoms with Gasteiger partial charge in [-0.05, 0) is 26.8 Å². The molecule has 0 aliphatic carbocycles. The molecule has 2 fully saturated rings. The van der Waals surface area contributed by atoms with E-state index in [0.717, 1.165) is 0 Å². The number of esters is 1. The highest BCUT2D eigenvalue weighted by atomic mass is 35.5. The number of hydrogen-bond acceptors (Lipinski definition) is 8. The fourth-order valence-corrected chi connectivity index (χ4v) is 6.13. The summed E-state index contributed by atoms with van der Waals surface area (Å²) in [6, 6.07) is 3.96. The lowest BCUT2D eigenvalue weighted by atomic mass is 9.95. The summed E-state index contributed by atoms with van der Waals surface area (Å²) < 4.78 is 20.0. The lowest BCUT2D eigenvalue weighted by Crippen LogP contribution is -2.54. The number of carbonyl (C=O) groups excluding carboxylic acids is 2. The Morgan fingerprint density at radius 3 is 2.87 bits per heavy atom. The molecular weight excluding hydrogens is 531 g/mol. The molecular formula is C26H31ClFN6O3S+. The summed E-state index contributed by atoms with van der Waals surface area (Å²) in [6.45, 7) is 8.97. The molecule has 202 valence electrons. The number of rotatable bonds is 7. The first kappa shape index (κ1) is 26.7. The Balaban J connectivity index is 1.49. The van der Waals surface area contributed by atoms with Gasteiger partial charge in [0.15, 0.2) is 17.1 Å². The van der Waals surface area contributed by atoms with Crippen LogP contribution in [0.2, 0.25) is 5.02 Å². The average molecular weight is 562 g/mol. The first-order valence-corrected chi connectivity index (χ1v) is 14.0. The summed E-state index contributed by atoms with van der Waals surface area (Å²) in [5.74, 6) is -0.518. The molecule has 5 rings (SSSR count). The van der Waals surface area contributed by atoms with Crippen LogP contribution in [0.4, 0.5) is 9.18 Å². The summed E-state index contributed by atoms with van der Waals surface area (Å²) in [7, 11) is 0. The van der Waals surface area contributed by atoms with Gasteiger partial charge in [-0.3, -0.25) is 9.89 Å². The Morgan fingerprint density at radius 1 is 1.34 bits per heavy atom. The van der Waals surface area contributed by atoms with Gasteiger partial charge in [-0.1, -0.05) is 23.7 Å². The van der Waals surface area contributed by atoms with E-state index in [2.05, 4.69) is 20.9 Å². The lowest BCUT2D eigenvalue weighted by molar-refractivity contribution is -0.139. The summed E-state index contributed by atoms with van der Waals surface area (Å²) in [5.41, 5.74) is 1.33. The van der Waals surface area contributed by atoms with Gasteiger partial charge in [-0.15, -0.1) is 0 Å². The number of aliphatic imine (C=N–C) groups is 1. The summed E-state index contributed by atoms with van der Waals surface area (Å²) >= 11 is 7.82. The van der Waals surface area contributed by atoms with E-state index in [1.165, 1.54) is 17.8 Å². The van der Waals surface area contributed by atoms with Gasteiger partial charge >= 0.3 is 17.4 Å². The Bertz CT molecular complexity index is 1200. The molecule has 9 nitrogen and oxygen atoms in total. The number of urea groups is 1. The minimum atomic E-state index is -0.850. The third-order valence-electron chi connectivity index (χ3n) is 7.12. The smallest absolute Gasteiger partial charge is 0.338 e.